The number of carbonyl (C=O) groups excluding carboxylic acids is 1. The molecule has 1 atom stereocenters. The third kappa shape index (κ3) is 1.75. The highest BCUT2D eigenvalue weighted by Crippen LogP contribution is 2.45. The molecule has 0 saturated carbocycles. The van der Waals surface area contributed by atoms with Gasteiger partial charge in [-0.05, 0) is 30.9 Å². The van der Waals surface area contributed by atoms with Crippen LogP contribution < -0.4 is 4.74 Å². The Bertz CT molecular complexity index is 670. The molecule has 102 valence electrons. The smallest absolute Gasteiger partial charge is 0.163 e. The van der Waals surface area contributed by atoms with Crippen molar-refractivity contribution in [2.45, 2.75) is 25.7 Å². The van der Waals surface area contributed by atoms with Crippen molar-refractivity contribution in [2.75, 3.05) is 6.61 Å². The van der Waals surface area contributed by atoms with Crippen LogP contribution in [0.4, 0.5) is 0 Å². The van der Waals surface area contributed by atoms with Gasteiger partial charge in [0.1, 0.15) is 5.75 Å². The standard InChI is InChI=1S/C17H15ClO2/c18-11-4-5-12-10(8-11)9-20-17-14-2-1-3-16(19)13(14)6-7-15(12)17/h4-7,10H,1-3,8-9H2. The average Bonchev–Trinajstić information content (AvgIpc) is 2.46. The summed E-state index contributed by atoms with van der Waals surface area (Å²) in [5.41, 5.74) is 4.42. The van der Waals surface area contributed by atoms with E-state index in [1.54, 1.807) is 0 Å². The maximum Gasteiger partial charge on any atom is 0.163 e. The largest absolute Gasteiger partial charge is 0.492 e. The number of fused-ring (bicyclic) bond motifs is 5. The van der Waals surface area contributed by atoms with E-state index in [4.69, 9.17) is 16.3 Å². The average molecular weight is 287 g/mol. The van der Waals surface area contributed by atoms with Gasteiger partial charge in [0.25, 0.3) is 0 Å². The molecule has 20 heavy (non-hydrogen) atoms. The molecule has 1 aromatic rings. The molecule has 1 aromatic carbocycles. The van der Waals surface area contributed by atoms with Gasteiger partial charge in [0, 0.05) is 34.1 Å². The number of hydrogen-bond acceptors (Lipinski definition) is 2. The SMILES string of the molecule is O=C1CCCc2c1ccc1c2OCC2CC(Cl)=CC=C12. The second-order valence-electron chi connectivity index (χ2n) is 5.69. The highest BCUT2D eigenvalue weighted by Gasteiger charge is 2.31. The molecule has 0 aromatic heterocycles. The number of Topliss-reactive ketones (excluding diaryl/α,β-unsaturated/α-hetero) is 1. The molecule has 0 saturated heterocycles. The van der Waals surface area contributed by atoms with Crippen molar-refractivity contribution in [1.29, 1.82) is 0 Å². The second kappa shape index (κ2) is 4.49. The molecule has 0 N–H and O–H groups in total. The molecule has 0 radical (unpaired) electrons. The lowest BCUT2D eigenvalue weighted by Gasteiger charge is -2.32. The van der Waals surface area contributed by atoms with Gasteiger partial charge in [-0.15, -0.1) is 0 Å². The molecule has 0 spiro atoms. The minimum absolute atomic E-state index is 0.250. The number of ether oxygens (including phenoxy) is 1. The summed E-state index contributed by atoms with van der Waals surface area (Å²) in [5, 5.41) is 0.888. The summed E-state index contributed by atoms with van der Waals surface area (Å²) < 4.78 is 6.01. The highest BCUT2D eigenvalue weighted by molar-refractivity contribution is 6.30. The summed E-state index contributed by atoms with van der Waals surface area (Å²) >= 11 is 6.11. The Kier molecular flexibility index (Phi) is 2.74. The first kappa shape index (κ1) is 12.2. The summed E-state index contributed by atoms with van der Waals surface area (Å²) in [6.45, 7) is 0.660. The van der Waals surface area contributed by atoms with Gasteiger partial charge >= 0.3 is 0 Å². The van der Waals surface area contributed by atoms with Crippen LogP contribution >= 0.6 is 11.6 Å². The van der Waals surface area contributed by atoms with Crippen LogP contribution in [0.2, 0.25) is 0 Å². The van der Waals surface area contributed by atoms with E-state index in [1.807, 2.05) is 18.2 Å². The molecule has 2 nitrogen and oxygen atoms in total. The lowest BCUT2D eigenvalue weighted by molar-refractivity contribution is 0.0971. The Hall–Kier alpha value is -1.54. The van der Waals surface area contributed by atoms with Gasteiger partial charge in [-0.2, -0.15) is 0 Å². The van der Waals surface area contributed by atoms with Gasteiger partial charge in [0.05, 0.1) is 6.61 Å². The van der Waals surface area contributed by atoms with E-state index in [2.05, 4.69) is 6.08 Å². The van der Waals surface area contributed by atoms with Crippen LogP contribution in [0.1, 0.15) is 40.7 Å². The first-order valence-corrected chi connectivity index (χ1v) is 7.50. The van der Waals surface area contributed by atoms with Crippen LogP contribution in [-0.4, -0.2) is 12.4 Å². The monoisotopic (exact) mass is 286 g/mol. The van der Waals surface area contributed by atoms with Crippen molar-refractivity contribution in [3.8, 4) is 5.75 Å². The van der Waals surface area contributed by atoms with Crippen LogP contribution in [0.15, 0.2) is 29.3 Å². The highest BCUT2D eigenvalue weighted by atomic mass is 35.5. The molecule has 0 amide bonds. The first-order valence-electron chi connectivity index (χ1n) is 7.12. The lowest BCUT2D eigenvalue weighted by Crippen LogP contribution is -2.24. The number of ketones is 1. The van der Waals surface area contributed by atoms with E-state index in [0.717, 1.165) is 46.7 Å². The third-order valence-electron chi connectivity index (χ3n) is 4.46. The van der Waals surface area contributed by atoms with Crippen molar-refractivity contribution in [3.63, 3.8) is 0 Å². The van der Waals surface area contributed by atoms with Gasteiger partial charge in [0.15, 0.2) is 5.78 Å². The predicted molar refractivity (Wildman–Crippen MR) is 79.2 cm³/mol. The number of benzene rings is 1. The first-order chi connectivity index (χ1) is 9.74. The molecule has 1 heterocycles. The maximum absolute atomic E-state index is 12.0. The van der Waals surface area contributed by atoms with Gasteiger partial charge in [0.2, 0.25) is 0 Å². The van der Waals surface area contributed by atoms with Gasteiger partial charge in [-0.25, -0.2) is 0 Å². The Balaban J connectivity index is 1.89. The van der Waals surface area contributed by atoms with Crippen LogP contribution in [0.25, 0.3) is 5.57 Å². The van der Waals surface area contributed by atoms with Gasteiger partial charge in [-0.3, -0.25) is 4.79 Å². The quantitative estimate of drug-likeness (QED) is 0.717. The van der Waals surface area contributed by atoms with Crippen LogP contribution in [0, 0.1) is 5.92 Å². The second-order valence-corrected chi connectivity index (χ2v) is 6.18. The number of rotatable bonds is 0. The van der Waals surface area contributed by atoms with Crippen molar-refractivity contribution >= 4 is 23.0 Å². The van der Waals surface area contributed by atoms with Crippen molar-refractivity contribution in [2.24, 2.45) is 5.92 Å². The molecule has 2 aliphatic carbocycles. The lowest BCUT2D eigenvalue weighted by atomic mass is 9.81. The zero-order valence-corrected chi connectivity index (χ0v) is 11.9. The molecule has 1 aliphatic heterocycles. The van der Waals surface area contributed by atoms with Gasteiger partial charge < -0.3 is 4.74 Å². The van der Waals surface area contributed by atoms with Crippen molar-refractivity contribution in [1.82, 2.24) is 0 Å². The van der Waals surface area contributed by atoms with Crippen LogP contribution in [0.5, 0.6) is 5.75 Å². The molecule has 0 fully saturated rings. The normalized spacial score (nSPS) is 23.9. The van der Waals surface area contributed by atoms with E-state index < -0.39 is 0 Å². The zero-order chi connectivity index (χ0) is 13.7. The fourth-order valence-electron chi connectivity index (χ4n) is 3.46. The Labute approximate surface area is 123 Å². The van der Waals surface area contributed by atoms with E-state index in [9.17, 15) is 4.79 Å². The molecule has 3 aliphatic rings. The summed E-state index contributed by atoms with van der Waals surface area (Å²) in [7, 11) is 0. The molecule has 1 unspecified atom stereocenters. The minimum atomic E-state index is 0.250. The zero-order valence-electron chi connectivity index (χ0n) is 11.1. The number of halogens is 1. The number of hydrogen-bond donors (Lipinski definition) is 0. The maximum atomic E-state index is 12.0. The number of allylic oxidation sites excluding steroid dienone is 3. The summed E-state index contributed by atoms with van der Waals surface area (Å²) in [4.78, 5) is 12.0. The van der Waals surface area contributed by atoms with E-state index in [-0.39, 0.29) is 5.78 Å². The van der Waals surface area contributed by atoms with Crippen LogP contribution in [0.3, 0.4) is 0 Å². The van der Waals surface area contributed by atoms with Crippen molar-refractivity contribution < 1.29 is 9.53 Å². The summed E-state index contributed by atoms with van der Waals surface area (Å²) in [5.74, 6) is 1.53. The Morgan fingerprint density at radius 1 is 1.15 bits per heavy atom. The van der Waals surface area contributed by atoms with E-state index >= 15 is 0 Å². The minimum Gasteiger partial charge on any atom is -0.492 e. The molecular formula is C17H15ClO2. The Morgan fingerprint density at radius 2 is 2.00 bits per heavy atom. The third-order valence-corrected chi connectivity index (χ3v) is 4.74. The predicted octanol–water partition coefficient (Wildman–Crippen LogP) is 4.12. The molecular weight excluding hydrogens is 272 g/mol. The number of carbonyl (C=O) groups is 1. The molecule has 4 rings (SSSR count). The molecule has 0 bridgehead atoms. The molecule has 3 heteroatoms. The van der Waals surface area contributed by atoms with Crippen LogP contribution in [-0.2, 0) is 6.42 Å². The van der Waals surface area contributed by atoms with Gasteiger partial charge in [-0.1, -0.05) is 29.8 Å². The van der Waals surface area contributed by atoms with Crippen molar-refractivity contribution in [3.05, 3.63) is 46.0 Å². The van der Waals surface area contributed by atoms with E-state index in [1.165, 1.54) is 5.57 Å². The Morgan fingerprint density at radius 3 is 2.90 bits per heavy atom. The fraction of sp³-hybridized carbons (Fsp3) is 0.353. The topological polar surface area (TPSA) is 26.3 Å². The van der Waals surface area contributed by atoms with E-state index in [0.29, 0.717) is 18.9 Å². The summed E-state index contributed by atoms with van der Waals surface area (Å²) in [6.07, 6.45) is 7.47. The fourth-order valence-corrected chi connectivity index (χ4v) is 3.71. The summed E-state index contributed by atoms with van der Waals surface area (Å²) in [6, 6.07) is 4.02.